The Kier molecular flexibility index (Phi) is 4.59. The number of hydrogen-bond acceptors (Lipinski definition) is 2. The molecule has 7 heteroatoms. The molecule has 1 amide bonds. The van der Waals surface area contributed by atoms with Crippen LogP contribution in [0, 0.1) is 5.82 Å². The first-order valence-corrected chi connectivity index (χ1v) is 6.85. The highest BCUT2D eigenvalue weighted by atomic mass is 79.9. The van der Waals surface area contributed by atoms with Gasteiger partial charge in [-0.2, -0.15) is 0 Å². The molecular weight excluding hydrogens is 365 g/mol. The molecule has 0 saturated carbocycles. The van der Waals surface area contributed by atoms with Crippen LogP contribution in [0.1, 0.15) is 20.7 Å². The minimum Gasteiger partial charge on any atom is -0.478 e. The Bertz CT molecular complexity index is 736. The molecule has 0 atom stereocenters. The molecule has 2 aromatic carbocycles. The second-order valence-electron chi connectivity index (χ2n) is 4.08. The van der Waals surface area contributed by atoms with Crippen molar-refractivity contribution in [2.24, 2.45) is 0 Å². The lowest BCUT2D eigenvalue weighted by Crippen LogP contribution is -2.13. The van der Waals surface area contributed by atoms with Crippen molar-refractivity contribution in [3.63, 3.8) is 0 Å². The van der Waals surface area contributed by atoms with Gasteiger partial charge in [0.1, 0.15) is 5.82 Å². The van der Waals surface area contributed by atoms with Crippen molar-refractivity contribution in [1.82, 2.24) is 0 Å². The van der Waals surface area contributed by atoms with Crippen molar-refractivity contribution in [2.75, 3.05) is 5.32 Å². The molecule has 2 N–H and O–H groups in total. The topological polar surface area (TPSA) is 66.4 Å². The van der Waals surface area contributed by atoms with Crippen molar-refractivity contribution in [1.29, 1.82) is 0 Å². The SMILES string of the molecule is O=C(Nc1ccc(F)c(C(=O)O)c1)c1ccc(Cl)c(Br)c1. The maximum Gasteiger partial charge on any atom is 0.338 e. The molecule has 0 aliphatic rings. The van der Waals surface area contributed by atoms with Crippen molar-refractivity contribution in [2.45, 2.75) is 0 Å². The summed E-state index contributed by atoms with van der Waals surface area (Å²) in [6.07, 6.45) is 0. The van der Waals surface area contributed by atoms with Gasteiger partial charge in [0, 0.05) is 15.7 Å². The zero-order chi connectivity index (χ0) is 15.6. The number of anilines is 1. The maximum absolute atomic E-state index is 13.3. The molecule has 0 spiro atoms. The zero-order valence-corrected chi connectivity index (χ0v) is 12.7. The van der Waals surface area contributed by atoms with E-state index in [9.17, 15) is 14.0 Å². The number of carboxylic acid groups (broad SMARTS) is 1. The smallest absolute Gasteiger partial charge is 0.338 e. The molecule has 0 radical (unpaired) electrons. The van der Waals surface area contributed by atoms with Crippen LogP contribution in [0.2, 0.25) is 5.02 Å². The molecule has 2 aromatic rings. The first-order chi connectivity index (χ1) is 9.88. The molecular formula is C14H8BrClFNO3. The fraction of sp³-hybridized carbons (Fsp3) is 0. The highest BCUT2D eigenvalue weighted by molar-refractivity contribution is 9.10. The van der Waals surface area contributed by atoms with Gasteiger partial charge in [0.05, 0.1) is 10.6 Å². The summed E-state index contributed by atoms with van der Waals surface area (Å²) < 4.78 is 13.8. The number of amides is 1. The number of aromatic carboxylic acids is 1. The third-order valence-corrected chi connectivity index (χ3v) is 3.85. The highest BCUT2D eigenvalue weighted by Crippen LogP contribution is 2.24. The zero-order valence-electron chi connectivity index (χ0n) is 10.4. The second-order valence-corrected chi connectivity index (χ2v) is 5.34. The van der Waals surface area contributed by atoms with E-state index in [1.54, 1.807) is 6.07 Å². The Morgan fingerprint density at radius 3 is 2.52 bits per heavy atom. The van der Waals surface area contributed by atoms with Crippen molar-refractivity contribution in [3.05, 3.63) is 62.8 Å². The van der Waals surface area contributed by atoms with Gasteiger partial charge in [-0.05, 0) is 52.3 Å². The highest BCUT2D eigenvalue weighted by Gasteiger charge is 2.13. The predicted molar refractivity (Wildman–Crippen MR) is 80.5 cm³/mol. The summed E-state index contributed by atoms with van der Waals surface area (Å²) in [6.45, 7) is 0. The molecule has 0 unspecified atom stereocenters. The Balaban J connectivity index is 2.25. The first kappa shape index (κ1) is 15.5. The van der Waals surface area contributed by atoms with E-state index in [2.05, 4.69) is 21.2 Å². The normalized spacial score (nSPS) is 10.2. The van der Waals surface area contributed by atoms with Gasteiger partial charge in [0.2, 0.25) is 0 Å². The summed E-state index contributed by atoms with van der Waals surface area (Å²) in [6, 6.07) is 7.92. The molecule has 0 saturated heterocycles. The second kappa shape index (κ2) is 6.24. The third kappa shape index (κ3) is 3.59. The van der Waals surface area contributed by atoms with Crippen molar-refractivity contribution >= 4 is 45.1 Å². The molecule has 21 heavy (non-hydrogen) atoms. The molecule has 108 valence electrons. The summed E-state index contributed by atoms with van der Waals surface area (Å²) in [5, 5.41) is 11.8. The van der Waals surface area contributed by atoms with Crippen LogP contribution in [-0.2, 0) is 0 Å². The van der Waals surface area contributed by atoms with E-state index in [1.165, 1.54) is 18.2 Å². The quantitative estimate of drug-likeness (QED) is 0.849. The predicted octanol–water partition coefficient (Wildman–Crippen LogP) is 4.19. The van der Waals surface area contributed by atoms with Crippen LogP contribution in [0.15, 0.2) is 40.9 Å². The molecule has 0 aromatic heterocycles. The van der Waals surface area contributed by atoms with E-state index in [4.69, 9.17) is 16.7 Å². The van der Waals surface area contributed by atoms with Crippen LogP contribution < -0.4 is 5.32 Å². The molecule has 0 aliphatic heterocycles. The molecule has 0 aliphatic carbocycles. The maximum atomic E-state index is 13.3. The van der Waals surface area contributed by atoms with E-state index < -0.39 is 23.3 Å². The van der Waals surface area contributed by atoms with Crippen LogP contribution in [-0.4, -0.2) is 17.0 Å². The molecule has 0 fully saturated rings. The minimum absolute atomic E-state index is 0.185. The summed E-state index contributed by atoms with van der Waals surface area (Å²) in [7, 11) is 0. The molecule has 4 nitrogen and oxygen atoms in total. The lowest BCUT2D eigenvalue weighted by atomic mass is 10.1. The lowest BCUT2D eigenvalue weighted by molar-refractivity contribution is 0.0691. The minimum atomic E-state index is -1.40. The van der Waals surface area contributed by atoms with Crippen LogP contribution in [0.4, 0.5) is 10.1 Å². The summed E-state index contributed by atoms with van der Waals surface area (Å²) in [5.74, 6) is -2.73. The number of nitrogens with one attached hydrogen (secondary N) is 1. The number of carboxylic acids is 1. The standard InChI is InChI=1S/C14H8BrClFNO3/c15-10-5-7(1-3-11(10)16)13(19)18-8-2-4-12(17)9(6-8)14(20)21/h1-6H,(H,18,19)(H,20,21). The monoisotopic (exact) mass is 371 g/mol. The van der Waals surface area contributed by atoms with Gasteiger partial charge in [0.25, 0.3) is 5.91 Å². The molecule has 2 rings (SSSR count). The van der Waals surface area contributed by atoms with Gasteiger partial charge >= 0.3 is 5.97 Å². The molecule has 0 bridgehead atoms. The van der Waals surface area contributed by atoms with Crippen LogP contribution in [0.25, 0.3) is 0 Å². The third-order valence-electron chi connectivity index (χ3n) is 2.64. The number of rotatable bonds is 3. The van der Waals surface area contributed by atoms with Crippen LogP contribution in [0.3, 0.4) is 0 Å². The number of carbonyl (C=O) groups excluding carboxylic acids is 1. The summed E-state index contributed by atoms with van der Waals surface area (Å²) in [4.78, 5) is 22.9. The van der Waals surface area contributed by atoms with E-state index >= 15 is 0 Å². The van der Waals surface area contributed by atoms with Crippen molar-refractivity contribution < 1.29 is 19.1 Å². The van der Waals surface area contributed by atoms with E-state index in [0.717, 1.165) is 12.1 Å². The average molecular weight is 373 g/mol. The Morgan fingerprint density at radius 2 is 1.90 bits per heavy atom. The number of hydrogen-bond donors (Lipinski definition) is 2. The van der Waals surface area contributed by atoms with Gasteiger partial charge in [0.15, 0.2) is 0 Å². The molecule has 0 heterocycles. The van der Waals surface area contributed by atoms with Crippen LogP contribution in [0.5, 0.6) is 0 Å². The van der Waals surface area contributed by atoms with Gasteiger partial charge in [-0.25, -0.2) is 9.18 Å². The Hall–Kier alpha value is -1.92. The van der Waals surface area contributed by atoms with E-state index in [0.29, 0.717) is 15.1 Å². The lowest BCUT2D eigenvalue weighted by Gasteiger charge is -2.07. The summed E-state index contributed by atoms with van der Waals surface area (Å²) in [5.41, 5.74) is 0.00225. The van der Waals surface area contributed by atoms with E-state index in [-0.39, 0.29) is 5.69 Å². The fourth-order valence-electron chi connectivity index (χ4n) is 1.61. The number of carbonyl (C=O) groups is 2. The largest absolute Gasteiger partial charge is 0.478 e. The number of halogens is 3. The van der Waals surface area contributed by atoms with Gasteiger partial charge in [-0.3, -0.25) is 4.79 Å². The van der Waals surface area contributed by atoms with Gasteiger partial charge in [-0.15, -0.1) is 0 Å². The van der Waals surface area contributed by atoms with Crippen LogP contribution >= 0.6 is 27.5 Å². The Morgan fingerprint density at radius 1 is 1.19 bits per heavy atom. The summed E-state index contributed by atoms with van der Waals surface area (Å²) >= 11 is 9.03. The van der Waals surface area contributed by atoms with Crippen molar-refractivity contribution in [3.8, 4) is 0 Å². The Labute approximate surface area is 132 Å². The number of benzene rings is 2. The fourth-order valence-corrected chi connectivity index (χ4v) is 2.10. The van der Waals surface area contributed by atoms with E-state index in [1.807, 2.05) is 0 Å². The van der Waals surface area contributed by atoms with Gasteiger partial charge in [-0.1, -0.05) is 11.6 Å². The van der Waals surface area contributed by atoms with Gasteiger partial charge < -0.3 is 10.4 Å². The first-order valence-electron chi connectivity index (χ1n) is 5.67. The average Bonchev–Trinajstić information content (AvgIpc) is 2.43.